The van der Waals surface area contributed by atoms with E-state index in [9.17, 15) is 8.42 Å². The highest BCUT2D eigenvalue weighted by Gasteiger charge is 2.21. The lowest BCUT2D eigenvalue weighted by atomic mass is 10.2. The summed E-state index contributed by atoms with van der Waals surface area (Å²) in [7, 11) is -4.33. The van der Waals surface area contributed by atoms with Crippen LogP contribution in [0.5, 0.6) is 0 Å². The third kappa shape index (κ3) is 2.03. The monoisotopic (exact) mass is 254 g/mol. The van der Waals surface area contributed by atoms with Crippen molar-refractivity contribution in [3.05, 3.63) is 27.2 Å². The first kappa shape index (κ1) is 11.8. The van der Waals surface area contributed by atoms with E-state index in [1.807, 2.05) is 0 Å². The molecule has 1 N–H and O–H groups in total. The van der Waals surface area contributed by atoms with E-state index in [1.54, 1.807) is 13.0 Å². The summed E-state index contributed by atoms with van der Waals surface area (Å²) in [5.41, 5.74) is 0.764. The van der Waals surface area contributed by atoms with Gasteiger partial charge in [-0.05, 0) is 31.0 Å². The lowest BCUT2D eigenvalue weighted by Crippen LogP contribution is -2.03. The average molecular weight is 255 g/mol. The minimum Gasteiger partial charge on any atom is -0.282 e. The molecule has 0 saturated heterocycles. The second-order valence-electron chi connectivity index (χ2n) is 2.92. The Morgan fingerprint density at radius 2 is 1.79 bits per heavy atom. The predicted octanol–water partition coefficient (Wildman–Crippen LogP) is 2.86. The lowest BCUT2D eigenvalue weighted by molar-refractivity contribution is 0.482. The molecule has 1 aromatic carbocycles. The van der Waals surface area contributed by atoms with Crippen molar-refractivity contribution in [1.82, 2.24) is 0 Å². The van der Waals surface area contributed by atoms with E-state index in [-0.39, 0.29) is 20.5 Å². The summed E-state index contributed by atoms with van der Waals surface area (Å²) in [5.74, 6) is 0. The number of aryl methyl sites for hydroxylation is 1. The molecule has 1 rings (SSSR count). The molecule has 14 heavy (non-hydrogen) atoms. The van der Waals surface area contributed by atoms with E-state index in [2.05, 4.69) is 0 Å². The minimum absolute atomic E-state index is 0.00870. The molecule has 0 aliphatic rings. The molecule has 1 aromatic rings. The Morgan fingerprint density at radius 3 is 2.21 bits per heavy atom. The summed E-state index contributed by atoms with van der Waals surface area (Å²) in [6, 6.07) is 1.55. The summed E-state index contributed by atoms with van der Waals surface area (Å²) in [4.78, 5) is -0.316. The molecule has 0 unspecified atom stereocenters. The molecule has 3 nitrogen and oxygen atoms in total. The third-order valence-corrected chi connectivity index (χ3v) is 3.86. The van der Waals surface area contributed by atoms with Gasteiger partial charge in [0.1, 0.15) is 4.90 Å². The second-order valence-corrected chi connectivity index (χ2v) is 5.06. The molecule has 0 aliphatic carbocycles. The Hall–Kier alpha value is -0.290. The molecular weight excluding hydrogens is 247 g/mol. The molecule has 0 heterocycles. The standard InChI is InChI=1S/C8H8Cl2O3S/c1-4-3-6(9)5(2)8(7(4)10)14(11,12)13/h3H,1-2H3,(H,11,12,13). The summed E-state index contributed by atoms with van der Waals surface area (Å²) >= 11 is 11.5. The van der Waals surface area contributed by atoms with Crippen molar-refractivity contribution in [3.8, 4) is 0 Å². The third-order valence-electron chi connectivity index (χ3n) is 1.85. The maximum absolute atomic E-state index is 11.0. The van der Waals surface area contributed by atoms with Crippen molar-refractivity contribution in [2.75, 3.05) is 0 Å². The van der Waals surface area contributed by atoms with E-state index in [0.717, 1.165) is 0 Å². The van der Waals surface area contributed by atoms with Gasteiger partial charge in [0.25, 0.3) is 10.1 Å². The smallest absolute Gasteiger partial charge is 0.282 e. The van der Waals surface area contributed by atoms with Crippen LogP contribution >= 0.6 is 23.2 Å². The first-order valence-electron chi connectivity index (χ1n) is 3.68. The Kier molecular flexibility index (Phi) is 3.11. The molecule has 0 amide bonds. The Balaban J connectivity index is 3.74. The molecule has 78 valence electrons. The van der Waals surface area contributed by atoms with Crippen LogP contribution in [0.4, 0.5) is 0 Å². The molecular formula is C8H8Cl2O3S. The van der Waals surface area contributed by atoms with Gasteiger partial charge in [-0.2, -0.15) is 8.42 Å². The highest BCUT2D eigenvalue weighted by molar-refractivity contribution is 7.86. The van der Waals surface area contributed by atoms with Gasteiger partial charge in [-0.25, -0.2) is 0 Å². The maximum atomic E-state index is 11.0. The number of hydrogen-bond donors (Lipinski definition) is 1. The van der Waals surface area contributed by atoms with Gasteiger partial charge < -0.3 is 0 Å². The van der Waals surface area contributed by atoms with Crippen LogP contribution in [-0.2, 0) is 10.1 Å². The highest BCUT2D eigenvalue weighted by Crippen LogP contribution is 2.32. The van der Waals surface area contributed by atoms with Gasteiger partial charge in [-0.15, -0.1) is 0 Å². The maximum Gasteiger partial charge on any atom is 0.296 e. The van der Waals surface area contributed by atoms with Crippen molar-refractivity contribution in [2.45, 2.75) is 18.7 Å². The van der Waals surface area contributed by atoms with Crippen LogP contribution in [0.15, 0.2) is 11.0 Å². The van der Waals surface area contributed by atoms with Crippen LogP contribution in [-0.4, -0.2) is 13.0 Å². The highest BCUT2D eigenvalue weighted by atomic mass is 35.5. The summed E-state index contributed by atoms with van der Waals surface area (Å²) < 4.78 is 30.9. The van der Waals surface area contributed by atoms with Gasteiger partial charge in [0.15, 0.2) is 0 Å². The Labute approximate surface area is 92.4 Å². The first-order valence-corrected chi connectivity index (χ1v) is 5.87. The van der Waals surface area contributed by atoms with Crippen LogP contribution in [0.3, 0.4) is 0 Å². The van der Waals surface area contributed by atoms with E-state index in [0.29, 0.717) is 5.56 Å². The number of rotatable bonds is 1. The van der Waals surface area contributed by atoms with Crippen LogP contribution in [0, 0.1) is 13.8 Å². The molecule has 0 aliphatic heterocycles. The number of halogens is 2. The number of hydrogen-bond acceptors (Lipinski definition) is 2. The largest absolute Gasteiger partial charge is 0.296 e. The van der Waals surface area contributed by atoms with Gasteiger partial charge in [-0.3, -0.25) is 4.55 Å². The van der Waals surface area contributed by atoms with Crippen molar-refractivity contribution in [3.63, 3.8) is 0 Å². The van der Waals surface area contributed by atoms with E-state index >= 15 is 0 Å². The van der Waals surface area contributed by atoms with Gasteiger partial charge in [0, 0.05) is 5.02 Å². The first-order chi connectivity index (χ1) is 6.25. The van der Waals surface area contributed by atoms with Crippen LogP contribution in [0.2, 0.25) is 10.0 Å². The van der Waals surface area contributed by atoms with Gasteiger partial charge in [0.2, 0.25) is 0 Å². The normalized spacial score (nSPS) is 11.8. The SMILES string of the molecule is Cc1cc(Cl)c(C)c(S(=O)(=O)O)c1Cl. The molecule has 0 fully saturated rings. The topological polar surface area (TPSA) is 54.4 Å². The van der Waals surface area contributed by atoms with Gasteiger partial charge >= 0.3 is 0 Å². The Bertz CT molecular complexity index is 454. The van der Waals surface area contributed by atoms with E-state index < -0.39 is 10.1 Å². The lowest BCUT2D eigenvalue weighted by Gasteiger charge is -2.09. The van der Waals surface area contributed by atoms with E-state index in [1.165, 1.54) is 6.92 Å². The zero-order valence-electron chi connectivity index (χ0n) is 7.51. The van der Waals surface area contributed by atoms with Gasteiger partial charge in [0.05, 0.1) is 5.02 Å². The molecule has 0 radical (unpaired) electrons. The van der Waals surface area contributed by atoms with Crippen molar-refractivity contribution in [1.29, 1.82) is 0 Å². The van der Waals surface area contributed by atoms with Crippen LogP contribution in [0.1, 0.15) is 11.1 Å². The molecule has 6 heteroatoms. The van der Waals surface area contributed by atoms with Crippen molar-refractivity contribution < 1.29 is 13.0 Å². The summed E-state index contributed by atoms with van der Waals surface area (Å²) in [5, 5.41) is 0.272. The molecule has 0 bridgehead atoms. The van der Waals surface area contributed by atoms with Crippen LogP contribution in [0.25, 0.3) is 0 Å². The zero-order chi connectivity index (χ0) is 11.1. The molecule has 0 saturated carbocycles. The Morgan fingerprint density at radius 1 is 1.29 bits per heavy atom. The van der Waals surface area contributed by atoms with E-state index in [4.69, 9.17) is 27.8 Å². The molecule has 0 atom stereocenters. The average Bonchev–Trinajstić information content (AvgIpc) is 1.98. The van der Waals surface area contributed by atoms with Crippen molar-refractivity contribution >= 4 is 33.3 Å². The summed E-state index contributed by atoms with van der Waals surface area (Å²) in [6.45, 7) is 3.10. The van der Waals surface area contributed by atoms with Crippen molar-refractivity contribution in [2.24, 2.45) is 0 Å². The fourth-order valence-corrected chi connectivity index (χ4v) is 2.81. The minimum atomic E-state index is -4.33. The second kappa shape index (κ2) is 3.70. The van der Waals surface area contributed by atoms with Crippen LogP contribution < -0.4 is 0 Å². The van der Waals surface area contributed by atoms with Gasteiger partial charge in [-0.1, -0.05) is 23.2 Å². The molecule has 0 spiro atoms. The predicted molar refractivity (Wildman–Crippen MR) is 55.8 cm³/mol. The zero-order valence-corrected chi connectivity index (χ0v) is 9.83. The summed E-state index contributed by atoms with van der Waals surface area (Å²) in [6.07, 6.45) is 0. The quantitative estimate of drug-likeness (QED) is 0.785. The fraction of sp³-hybridized carbons (Fsp3) is 0.250. The fourth-order valence-electron chi connectivity index (χ4n) is 1.12. The molecule has 0 aromatic heterocycles. The number of benzene rings is 1.